The van der Waals surface area contributed by atoms with Gasteiger partial charge >= 0.3 is 6.03 Å². The van der Waals surface area contributed by atoms with E-state index in [1.165, 1.54) is 4.90 Å². The molecule has 0 radical (unpaired) electrons. The standard InChI is InChI=1S/C19H21N3O3/c1-11-3-2-4-14(9-11)21-19(25)20-7-8-22-17(23)15-12-5-6-13(10-12)16(15)18(22)24/h2-6,9,12-13,15-16H,7-8,10H2,1H3,(H2,20,21,25)/t12-,13-,15-,16+/m0/s1. The second kappa shape index (κ2) is 6.02. The van der Waals surface area contributed by atoms with Gasteiger partial charge in [0.15, 0.2) is 0 Å². The van der Waals surface area contributed by atoms with Crippen LogP contribution in [0.2, 0.25) is 0 Å². The molecule has 1 aromatic rings. The van der Waals surface area contributed by atoms with E-state index in [2.05, 4.69) is 22.8 Å². The molecule has 1 aliphatic heterocycles. The summed E-state index contributed by atoms with van der Waals surface area (Å²) >= 11 is 0. The Hall–Kier alpha value is -2.63. The van der Waals surface area contributed by atoms with Crippen LogP contribution in [-0.4, -0.2) is 35.8 Å². The number of benzene rings is 1. The van der Waals surface area contributed by atoms with Crippen LogP contribution in [-0.2, 0) is 9.59 Å². The fourth-order valence-electron chi connectivity index (χ4n) is 4.36. The molecule has 6 nitrogen and oxygen atoms in total. The third kappa shape index (κ3) is 2.71. The van der Waals surface area contributed by atoms with Crippen LogP contribution >= 0.6 is 0 Å². The number of fused-ring (bicyclic) bond motifs is 5. The number of imide groups is 1. The van der Waals surface area contributed by atoms with E-state index in [-0.39, 0.29) is 54.6 Å². The van der Waals surface area contributed by atoms with Gasteiger partial charge in [0.1, 0.15) is 0 Å². The Morgan fingerprint density at radius 2 is 1.84 bits per heavy atom. The summed E-state index contributed by atoms with van der Waals surface area (Å²) in [6.45, 7) is 2.43. The van der Waals surface area contributed by atoms with Crippen molar-refractivity contribution < 1.29 is 14.4 Å². The topological polar surface area (TPSA) is 78.5 Å². The molecule has 3 aliphatic rings. The first kappa shape index (κ1) is 15.9. The van der Waals surface area contributed by atoms with Crippen molar-refractivity contribution in [3.8, 4) is 0 Å². The van der Waals surface area contributed by atoms with Crippen LogP contribution in [0.25, 0.3) is 0 Å². The zero-order valence-electron chi connectivity index (χ0n) is 14.1. The summed E-state index contributed by atoms with van der Waals surface area (Å²) in [5, 5.41) is 5.46. The van der Waals surface area contributed by atoms with Gasteiger partial charge in [0.25, 0.3) is 0 Å². The number of urea groups is 1. The van der Waals surface area contributed by atoms with E-state index in [0.29, 0.717) is 5.69 Å². The zero-order valence-corrected chi connectivity index (χ0v) is 14.1. The summed E-state index contributed by atoms with van der Waals surface area (Å²) in [5.41, 5.74) is 1.77. The van der Waals surface area contributed by atoms with Gasteiger partial charge in [-0.05, 0) is 42.9 Å². The van der Waals surface area contributed by atoms with Crippen molar-refractivity contribution in [3.63, 3.8) is 0 Å². The second-order valence-corrected chi connectivity index (χ2v) is 7.08. The van der Waals surface area contributed by atoms with Crippen molar-refractivity contribution in [2.75, 3.05) is 18.4 Å². The number of carbonyl (C=O) groups is 3. The predicted octanol–water partition coefficient (Wildman–Crippen LogP) is 1.92. The molecular weight excluding hydrogens is 318 g/mol. The van der Waals surface area contributed by atoms with Crippen LogP contribution in [0.4, 0.5) is 10.5 Å². The molecule has 4 atom stereocenters. The number of nitrogens with one attached hydrogen (secondary N) is 2. The summed E-state index contributed by atoms with van der Waals surface area (Å²) in [7, 11) is 0. The SMILES string of the molecule is Cc1cccc(NC(=O)NCCN2C(=O)[C@@H]3[C@H](C2=O)[C@H]2C=C[C@H]3C2)c1. The van der Waals surface area contributed by atoms with Crippen LogP contribution in [0.15, 0.2) is 36.4 Å². The molecule has 4 rings (SSSR count). The average molecular weight is 339 g/mol. The minimum Gasteiger partial charge on any atom is -0.336 e. The van der Waals surface area contributed by atoms with Gasteiger partial charge in [0, 0.05) is 18.8 Å². The fraction of sp³-hybridized carbons (Fsp3) is 0.421. The molecule has 130 valence electrons. The summed E-state index contributed by atoms with van der Waals surface area (Å²) in [6, 6.07) is 7.16. The summed E-state index contributed by atoms with van der Waals surface area (Å²) in [6.07, 6.45) is 5.08. The summed E-state index contributed by atoms with van der Waals surface area (Å²) in [5.74, 6) is -0.0734. The van der Waals surface area contributed by atoms with Gasteiger partial charge in [-0.3, -0.25) is 14.5 Å². The zero-order chi connectivity index (χ0) is 17.6. The largest absolute Gasteiger partial charge is 0.336 e. The van der Waals surface area contributed by atoms with Crippen molar-refractivity contribution in [3.05, 3.63) is 42.0 Å². The predicted molar refractivity (Wildman–Crippen MR) is 92.6 cm³/mol. The van der Waals surface area contributed by atoms with E-state index >= 15 is 0 Å². The highest BCUT2D eigenvalue weighted by molar-refractivity contribution is 6.06. The molecular formula is C19H21N3O3. The first-order chi connectivity index (χ1) is 12.0. The third-order valence-corrected chi connectivity index (χ3v) is 5.46. The molecule has 0 spiro atoms. The Morgan fingerprint density at radius 1 is 1.16 bits per heavy atom. The van der Waals surface area contributed by atoms with Crippen molar-refractivity contribution in [1.82, 2.24) is 10.2 Å². The van der Waals surface area contributed by atoms with Crippen LogP contribution in [0, 0.1) is 30.6 Å². The maximum Gasteiger partial charge on any atom is 0.319 e. The van der Waals surface area contributed by atoms with Crippen molar-refractivity contribution in [2.24, 2.45) is 23.7 Å². The van der Waals surface area contributed by atoms with Gasteiger partial charge in [-0.25, -0.2) is 4.79 Å². The smallest absolute Gasteiger partial charge is 0.319 e. The molecule has 4 amide bonds. The third-order valence-electron chi connectivity index (χ3n) is 5.46. The molecule has 2 N–H and O–H groups in total. The molecule has 1 saturated heterocycles. The number of carbonyl (C=O) groups excluding carboxylic acids is 3. The van der Waals surface area contributed by atoms with Gasteiger partial charge in [-0.2, -0.15) is 0 Å². The Kier molecular flexibility index (Phi) is 3.82. The molecule has 0 unspecified atom stereocenters. The van der Waals surface area contributed by atoms with E-state index in [1.807, 2.05) is 31.2 Å². The van der Waals surface area contributed by atoms with E-state index in [4.69, 9.17) is 0 Å². The summed E-state index contributed by atoms with van der Waals surface area (Å²) < 4.78 is 0. The molecule has 2 fully saturated rings. The van der Waals surface area contributed by atoms with Gasteiger partial charge in [0.05, 0.1) is 11.8 Å². The number of anilines is 1. The number of amides is 4. The van der Waals surface area contributed by atoms with E-state index < -0.39 is 0 Å². The molecule has 1 heterocycles. The highest BCUT2D eigenvalue weighted by atomic mass is 16.2. The van der Waals surface area contributed by atoms with E-state index in [9.17, 15) is 14.4 Å². The van der Waals surface area contributed by atoms with Gasteiger partial charge in [0.2, 0.25) is 11.8 Å². The van der Waals surface area contributed by atoms with Crippen LogP contribution in [0.5, 0.6) is 0 Å². The minimum absolute atomic E-state index is 0.0762. The maximum absolute atomic E-state index is 12.5. The lowest BCUT2D eigenvalue weighted by Crippen LogP contribution is -2.40. The summed E-state index contributed by atoms with van der Waals surface area (Å²) in [4.78, 5) is 38.3. The van der Waals surface area contributed by atoms with Crippen molar-refractivity contribution >= 4 is 23.5 Å². The van der Waals surface area contributed by atoms with Crippen LogP contribution < -0.4 is 10.6 Å². The average Bonchev–Trinajstić information content (AvgIpc) is 3.24. The van der Waals surface area contributed by atoms with Gasteiger partial charge in [-0.15, -0.1) is 0 Å². The monoisotopic (exact) mass is 339 g/mol. The quantitative estimate of drug-likeness (QED) is 0.650. The normalized spacial score (nSPS) is 29.2. The van der Waals surface area contributed by atoms with Gasteiger partial charge in [-0.1, -0.05) is 24.3 Å². The highest BCUT2D eigenvalue weighted by Gasteiger charge is 2.58. The Labute approximate surface area is 146 Å². The lowest BCUT2D eigenvalue weighted by Gasteiger charge is -2.17. The molecule has 1 saturated carbocycles. The van der Waals surface area contributed by atoms with E-state index in [0.717, 1.165) is 12.0 Å². The molecule has 25 heavy (non-hydrogen) atoms. The number of rotatable bonds is 4. The molecule has 2 aliphatic carbocycles. The van der Waals surface area contributed by atoms with Crippen molar-refractivity contribution in [1.29, 1.82) is 0 Å². The number of hydrogen-bond donors (Lipinski definition) is 2. The first-order valence-electron chi connectivity index (χ1n) is 8.69. The minimum atomic E-state index is -0.341. The molecule has 1 aromatic carbocycles. The number of nitrogens with zero attached hydrogens (tertiary/aromatic N) is 1. The van der Waals surface area contributed by atoms with Crippen molar-refractivity contribution in [2.45, 2.75) is 13.3 Å². The molecule has 6 heteroatoms. The maximum atomic E-state index is 12.5. The lowest BCUT2D eigenvalue weighted by atomic mass is 9.85. The van der Waals surface area contributed by atoms with Crippen LogP contribution in [0.1, 0.15) is 12.0 Å². The van der Waals surface area contributed by atoms with Gasteiger partial charge < -0.3 is 10.6 Å². The highest BCUT2D eigenvalue weighted by Crippen LogP contribution is 2.52. The number of aryl methyl sites for hydroxylation is 1. The molecule has 0 aromatic heterocycles. The first-order valence-corrected chi connectivity index (χ1v) is 8.69. The number of allylic oxidation sites excluding steroid dienone is 2. The Bertz CT molecular complexity index is 743. The van der Waals surface area contributed by atoms with Crippen LogP contribution in [0.3, 0.4) is 0 Å². The second-order valence-electron chi connectivity index (χ2n) is 7.08. The Morgan fingerprint density at radius 3 is 2.48 bits per heavy atom. The lowest BCUT2D eigenvalue weighted by molar-refractivity contribution is -0.140. The number of hydrogen-bond acceptors (Lipinski definition) is 3. The fourth-order valence-corrected chi connectivity index (χ4v) is 4.36. The Balaban J connectivity index is 1.30. The molecule has 2 bridgehead atoms. The number of likely N-dealkylation sites (tertiary alicyclic amines) is 1. The van der Waals surface area contributed by atoms with E-state index in [1.54, 1.807) is 0 Å².